The number of amides is 1. The Bertz CT molecular complexity index is 1030. The maximum atomic E-state index is 12.7. The Balaban J connectivity index is 1.70. The molecule has 0 bridgehead atoms. The van der Waals surface area contributed by atoms with Gasteiger partial charge in [0, 0.05) is 17.6 Å². The predicted octanol–water partition coefficient (Wildman–Crippen LogP) is 3.90. The van der Waals surface area contributed by atoms with Gasteiger partial charge in [-0.05, 0) is 37.6 Å². The van der Waals surface area contributed by atoms with Crippen molar-refractivity contribution in [3.63, 3.8) is 0 Å². The van der Waals surface area contributed by atoms with Crippen molar-refractivity contribution < 1.29 is 4.79 Å². The number of thioether (sulfide) groups is 1. The van der Waals surface area contributed by atoms with Gasteiger partial charge in [-0.2, -0.15) is 0 Å². The van der Waals surface area contributed by atoms with Gasteiger partial charge < -0.3 is 5.32 Å². The molecule has 3 aromatic rings. The number of aromatic nitrogens is 2. The summed E-state index contributed by atoms with van der Waals surface area (Å²) in [6.45, 7) is 4.91. The van der Waals surface area contributed by atoms with E-state index in [0.29, 0.717) is 29.1 Å². The van der Waals surface area contributed by atoms with Crippen molar-refractivity contribution >= 4 is 44.5 Å². The van der Waals surface area contributed by atoms with Crippen LogP contribution in [-0.4, -0.2) is 21.2 Å². The molecule has 0 saturated heterocycles. The van der Waals surface area contributed by atoms with E-state index in [9.17, 15) is 9.59 Å². The van der Waals surface area contributed by atoms with Gasteiger partial charge in [0.1, 0.15) is 0 Å². The molecule has 0 fully saturated rings. The second-order valence-electron chi connectivity index (χ2n) is 6.16. The van der Waals surface area contributed by atoms with Crippen LogP contribution in [0, 0.1) is 6.92 Å². The standard InChI is InChI=1S/C20H20BrN3O2S/c1-3-24-19(26)16-10-15(21)8-9-17(16)23-20(24)27-12-18(25)22-11-14-6-4-13(2)5-7-14/h4-10H,3,11-12H2,1-2H3,(H,22,25). The lowest BCUT2D eigenvalue weighted by atomic mass is 10.1. The zero-order chi connectivity index (χ0) is 19.4. The summed E-state index contributed by atoms with van der Waals surface area (Å²) in [5, 5.41) is 4.03. The summed E-state index contributed by atoms with van der Waals surface area (Å²) in [4.78, 5) is 29.5. The number of carbonyl (C=O) groups excluding carboxylic acids is 1. The van der Waals surface area contributed by atoms with Gasteiger partial charge in [-0.3, -0.25) is 14.2 Å². The molecule has 140 valence electrons. The van der Waals surface area contributed by atoms with Gasteiger partial charge in [0.15, 0.2) is 5.16 Å². The maximum absolute atomic E-state index is 12.7. The average molecular weight is 446 g/mol. The highest BCUT2D eigenvalue weighted by molar-refractivity contribution is 9.10. The number of hydrogen-bond donors (Lipinski definition) is 1. The molecule has 27 heavy (non-hydrogen) atoms. The minimum absolute atomic E-state index is 0.0895. The first-order valence-electron chi connectivity index (χ1n) is 8.63. The molecule has 0 aliphatic heterocycles. The smallest absolute Gasteiger partial charge is 0.262 e. The number of fused-ring (bicyclic) bond motifs is 1. The van der Waals surface area contributed by atoms with E-state index < -0.39 is 0 Å². The monoisotopic (exact) mass is 445 g/mol. The van der Waals surface area contributed by atoms with Crippen molar-refractivity contribution in [2.24, 2.45) is 0 Å². The van der Waals surface area contributed by atoms with Crippen molar-refractivity contribution in [1.29, 1.82) is 0 Å². The highest BCUT2D eigenvalue weighted by Crippen LogP contribution is 2.20. The third kappa shape index (κ3) is 4.78. The molecule has 5 nitrogen and oxygen atoms in total. The first kappa shape index (κ1) is 19.6. The molecule has 1 amide bonds. The Kier molecular flexibility index (Phi) is 6.34. The van der Waals surface area contributed by atoms with E-state index in [-0.39, 0.29) is 17.2 Å². The summed E-state index contributed by atoms with van der Waals surface area (Å²) < 4.78 is 2.44. The van der Waals surface area contributed by atoms with Crippen LogP contribution in [0.25, 0.3) is 10.9 Å². The van der Waals surface area contributed by atoms with Crippen molar-refractivity contribution in [3.05, 3.63) is 68.4 Å². The van der Waals surface area contributed by atoms with Crippen LogP contribution in [0.15, 0.2) is 56.9 Å². The van der Waals surface area contributed by atoms with Gasteiger partial charge in [0.05, 0.1) is 16.7 Å². The highest BCUT2D eigenvalue weighted by Gasteiger charge is 2.12. The Hall–Kier alpha value is -2.12. The SMILES string of the molecule is CCn1c(SCC(=O)NCc2ccc(C)cc2)nc2ccc(Br)cc2c1=O. The zero-order valence-corrected chi connectivity index (χ0v) is 17.6. The number of carbonyl (C=O) groups is 1. The lowest BCUT2D eigenvalue weighted by Crippen LogP contribution is -2.26. The van der Waals surface area contributed by atoms with Crippen LogP contribution < -0.4 is 10.9 Å². The van der Waals surface area contributed by atoms with Crippen molar-refractivity contribution in [2.75, 3.05) is 5.75 Å². The van der Waals surface area contributed by atoms with E-state index in [1.807, 2.05) is 50.2 Å². The molecule has 0 atom stereocenters. The largest absolute Gasteiger partial charge is 0.351 e. The fraction of sp³-hybridized carbons (Fsp3) is 0.250. The molecule has 0 aliphatic rings. The third-order valence-corrected chi connectivity index (χ3v) is 5.61. The van der Waals surface area contributed by atoms with E-state index in [1.54, 1.807) is 10.6 Å². The average Bonchev–Trinajstić information content (AvgIpc) is 2.66. The molecular weight excluding hydrogens is 426 g/mol. The van der Waals surface area contributed by atoms with Crippen LogP contribution >= 0.6 is 27.7 Å². The summed E-state index contributed by atoms with van der Waals surface area (Å²) >= 11 is 4.67. The van der Waals surface area contributed by atoms with Gasteiger partial charge in [-0.1, -0.05) is 57.5 Å². The summed E-state index contributed by atoms with van der Waals surface area (Å²) in [6, 6.07) is 13.5. The summed E-state index contributed by atoms with van der Waals surface area (Å²) in [5.41, 5.74) is 2.79. The van der Waals surface area contributed by atoms with E-state index in [1.165, 1.54) is 17.3 Å². The zero-order valence-electron chi connectivity index (χ0n) is 15.2. The summed E-state index contributed by atoms with van der Waals surface area (Å²) in [7, 11) is 0. The van der Waals surface area contributed by atoms with Crippen LogP contribution in [0.1, 0.15) is 18.1 Å². The van der Waals surface area contributed by atoms with Crippen LogP contribution in [0.4, 0.5) is 0 Å². The molecule has 1 N–H and O–H groups in total. The topological polar surface area (TPSA) is 64.0 Å². The van der Waals surface area contributed by atoms with Gasteiger partial charge >= 0.3 is 0 Å². The number of benzene rings is 2. The molecule has 0 aliphatic carbocycles. The second-order valence-corrected chi connectivity index (χ2v) is 8.01. The molecule has 0 spiro atoms. The number of rotatable bonds is 6. The fourth-order valence-electron chi connectivity index (χ4n) is 2.65. The summed E-state index contributed by atoms with van der Waals surface area (Å²) in [5.74, 6) is 0.119. The quantitative estimate of drug-likeness (QED) is 0.461. The van der Waals surface area contributed by atoms with Crippen LogP contribution in [0.3, 0.4) is 0 Å². The molecule has 1 aromatic heterocycles. The van der Waals surface area contributed by atoms with E-state index in [0.717, 1.165) is 10.0 Å². The molecule has 0 unspecified atom stereocenters. The van der Waals surface area contributed by atoms with Gasteiger partial charge in [0.25, 0.3) is 5.56 Å². The van der Waals surface area contributed by atoms with Crippen LogP contribution in [-0.2, 0) is 17.9 Å². The Morgan fingerprint density at radius 2 is 1.96 bits per heavy atom. The van der Waals surface area contributed by atoms with Gasteiger partial charge in [-0.25, -0.2) is 4.98 Å². The molecule has 0 radical (unpaired) electrons. The summed E-state index contributed by atoms with van der Waals surface area (Å²) in [6.07, 6.45) is 0. The fourth-order valence-corrected chi connectivity index (χ4v) is 3.90. The van der Waals surface area contributed by atoms with E-state index >= 15 is 0 Å². The molecule has 3 rings (SSSR count). The predicted molar refractivity (Wildman–Crippen MR) is 113 cm³/mol. The minimum atomic E-state index is -0.0913. The van der Waals surface area contributed by atoms with Crippen LogP contribution in [0.2, 0.25) is 0 Å². The lowest BCUT2D eigenvalue weighted by molar-refractivity contribution is -0.118. The minimum Gasteiger partial charge on any atom is -0.351 e. The number of nitrogens with one attached hydrogen (secondary N) is 1. The van der Waals surface area contributed by atoms with Gasteiger partial charge in [-0.15, -0.1) is 0 Å². The molecular formula is C20H20BrN3O2S. The lowest BCUT2D eigenvalue weighted by Gasteiger charge is -2.11. The van der Waals surface area contributed by atoms with E-state index in [4.69, 9.17) is 0 Å². The second kappa shape index (κ2) is 8.71. The Morgan fingerprint density at radius 1 is 1.22 bits per heavy atom. The van der Waals surface area contributed by atoms with Crippen molar-refractivity contribution in [2.45, 2.75) is 32.1 Å². The Morgan fingerprint density at radius 3 is 2.67 bits per heavy atom. The van der Waals surface area contributed by atoms with E-state index in [2.05, 4.69) is 26.2 Å². The van der Waals surface area contributed by atoms with Crippen LogP contribution in [0.5, 0.6) is 0 Å². The normalized spacial score (nSPS) is 10.9. The molecule has 1 heterocycles. The first-order valence-corrected chi connectivity index (χ1v) is 10.4. The number of hydrogen-bond acceptors (Lipinski definition) is 4. The maximum Gasteiger partial charge on any atom is 0.262 e. The number of nitrogens with zero attached hydrogens (tertiary/aromatic N) is 2. The highest BCUT2D eigenvalue weighted by atomic mass is 79.9. The molecule has 0 saturated carbocycles. The van der Waals surface area contributed by atoms with Crippen molar-refractivity contribution in [1.82, 2.24) is 14.9 Å². The molecule has 2 aromatic carbocycles. The first-order chi connectivity index (χ1) is 13.0. The van der Waals surface area contributed by atoms with Crippen molar-refractivity contribution in [3.8, 4) is 0 Å². The Labute approximate surface area is 170 Å². The number of halogens is 1. The molecule has 7 heteroatoms. The van der Waals surface area contributed by atoms with Gasteiger partial charge in [0.2, 0.25) is 5.91 Å². The third-order valence-electron chi connectivity index (χ3n) is 4.14. The number of aryl methyl sites for hydroxylation is 1.